The molecule has 5 rings (SSSR count). The molecule has 0 amide bonds. The van der Waals surface area contributed by atoms with E-state index >= 15 is 0 Å². The van der Waals surface area contributed by atoms with Crippen molar-refractivity contribution in [3.05, 3.63) is 86.1 Å². The van der Waals surface area contributed by atoms with Crippen molar-refractivity contribution in [3.63, 3.8) is 0 Å². The largest absolute Gasteiger partial charge is 0.383 e. The topological polar surface area (TPSA) is 75.5 Å². The molecule has 3 aromatic heterocycles. The Balaban J connectivity index is 1.90. The molecule has 9 heteroatoms. The Morgan fingerprint density at radius 1 is 1.03 bits per heavy atom. The predicted octanol–water partition coefficient (Wildman–Crippen LogP) is 3.21. The molecule has 3 heterocycles. The van der Waals surface area contributed by atoms with E-state index in [0.29, 0.717) is 16.9 Å². The van der Waals surface area contributed by atoms with Gasteiger partial charge in [-0.3, -0.25) is 22.9 Å². The number of nitrogens with zero attached hydrogens (tertiary/aromatic N) is 5. The summed E-state index contributed by atoms with van der Waals surface area (Å²) in [6, 6.07) is 17.8. The van der Waals surface area contributed by atoms with E-state index in [0.717, 1.165) is 21.4 Å². The monoisotopic (exact) mass is 493 g/mol. The molecule has 0 bridgehead atoms. The second kappa shape index (κ2) is 7.92. The minimum atomic E-state index is -0.418. The lowest BCUT2D eigenvalue weighted by Crippen LogP contribution is -2.40. The van der Waals surface area contributed by atoms with Crippen molar-refractivity contribution in [3.8, 4) is 16.9 Å². The summed E-state index contributed by atoms with van der Waals surface area (Å²) >= 11 is 3.48. The number of imidazole rings is 2. The molecule has 0 atom stereocenters. The van der Waals surface area contributed by atoms with Gasteiger partial charge < -0.3 is 4.74 Å². The van der Waals surface area contributed by atoms with Gasteiger partial charge in [-0.05, 0) is 24.3 Å². The van der Waals surface area contributed by atoms with Crippen LogP contribution in [0.25, 0.3) is 33.9 Å². The number of fused-ring (bicyclic) bond motifs is 3. The first-order valence-corrected chi connectivity index (χ1v) is 10.8. The molecule has 2 aromatic carbocycles. The maximum atomic E-state index is 13.3. The zero-order valence-corrected chi connectivity index (χ0v) is 19.1. The highest BCUT2D eigenvalue weighted by molar-refractivity contribution is 9.10. The highest BCUT2D eigenvalue weighted by Crippen LogP contribution is 2.29. The van der Waals surface area contributed by atoms with Gasteiger partial charge in [0.15, 0.2) is 11.2 Å². The molecule has 8 nitrogen and oxygen atoms in total. The normalized spacial score (nSPS) is 11.6. The number of aromatic nitrogens is 5. The minimum absolute atomic E-state index is 0.171. The Labute approximate surface area is 191 Å². The third kappa shape index (κ3) is 3.12. The zero-order valence-electron chi connectivity index (χ0n) is 17.5. The maximum Gasteiger partial charge on any atom is 0.332 e. The fourth-order valence-electron chi connectivity index (χ4n) is 3.93. The van der Waals surface area contributed by atoms with Crippen molar-refractivity contribution in [1.29, 1.82) is 0 Å². The van der Waals surface area contributed by atoms with Gasteiger partial charge in [-0.2, -0.15) is 4.98 Å². The number of hydrogen-bond acceptors (Lipinski definition) is 4. The third-order valence-electron chi connectivity index (χ3n) is 5.52. The molecule has 0 fully saturated rings. The lowest BCUT2D eigenvalue weighted by atomic mass is 10.1. The summed E-state index contributed by atoms with van der Waals surface area (Å²) in [5.41, 5.74) is 2.65. The molecule has 32 heavy (non-hydrogen) atoms. The van der Waals surface area contributed by atoms with Crippen LogP contribution in [0.2, 0.25) is 0 Å². The van der Waals surface area contributed by atoms with Crippen molar-refractivity contribution in [2.45, 2.75) is 6.54 Å². The first-order chi connectivity index (χ1) is 15.5. The SMILES string of the molecule is COCCn1c(=O)c2c(nc3n(-c4ccc(Br)cc4)c(-c4ccccc4)cn23)n(C)c1=O. The first kappa shape index (κ1) is 20.5. The molecular weight excluding hydrogens is 474 g/mol. The molecule has 0 unspecified atom stereocenters. The van der Waals surface area contributed by atoms with E-state index in [1.807, 2.05) is 65.4 Å². The smallest absolute Gasteiger partial charge is 0.332 e. The third-order valence-corrected chi connectivity index (χ3v) is 6.05. The Kier molecular flexibility index (Phi) is 5.07. The molecule has 0 saturated carbocycles. The average Bonchev–Trinajstić information content (AvgIpc) is 3.35. The summed E-state index contributed by atoms with van der Waals surface area (Å²) in [4.78, 5) is 30.9. The highest BCUT2D eigenvalue weighted by atomic mass is 79.9. The zero-order chi connectivity index (χ0) is 22.4. The van der Waals surface area contributed by atoms with Crippen LogP contribution >= 0.6 is 15.9 Å². The number of ether oxygens (including phenoxy) is 1. The number of halogens is 1. The highest BCUT2D eigenvalue weighted by Gasteiger charge is 2.22. The summed E-state index contributed by atoms with van der Waals surface area (Å²) in [6.45, 7) is 0.432. The van der Waals surface area contributed by atoms with E-state index in [4.69, 9.17) is 9.72 Å². The van der Waals surface area contributed by atoms with Gasteiger partial charge in [0.1, 0.15) is 0 Å². The molecule has 0 radical (unpaired) electrons. The molecule has 0 aliphatic heterocycles. The fraction of sp³-hybridized carbons (Fsp3) is 0.174. The van der Waals surface area contributed by atoms with Crippen LogP contribution in [0.4, 0.5) is 0 Å². The standard InChI is InChI=1S/C23H20BrN5O3/c1-26-20-19(21(30)27(23(26)31)12-13-32-2)28-14-18(15-6-4-3-5-7-15)29(22(28)25-20)17-10-8-16(24)9-11-17/h3-11,14H,12-13H2,1-2H3. The summed E-state index contributed by atoms with van der Waals surface area (Å²) < 4.78 is 12.4. The van der Waals surface area contributed by atoms with Crippen LogP contribution in [0.5, 0.6) is 0 Å². The average molecular weight is 494 g/mol. The van der Waals surface area contributed by atoms with E-state index in [1.54, 1.807) is 11.4 Å². The van der Waals surface area contributed by atoms with Gasteiger partial charge in [-0.25, -0.2) is 4.79 Å². The minimum Gasteiger partial charge on any atom is -0.383 e. The maximum absolute atomic E-state index is 13.3. The van der Waals surface area contributed by atoms with Crippen LogP contribution in [0.3, 0.4) is 0 Å². The van der Waals surface area contributed by atoms with Gasteiger partial charge >= 0.3 is 5.69 Å². The van der Waals surface area contributed by atoms with Gasteiger partial charge in [0.2, 0.25) is 5.78 Å². The first-order valence-electron chi connectivity index (χ1n) is 10.0. The van der Waals surface area contributed by atoms with Gasteiger partial charge in [-0.1, -0.05) is 46.3 Å². The summed E-state index contributed by atoms with van der Waals surface area (Å²) in [6.07, 6.45) is 1.90. The number of benzene rings is 2. The molecular formula is C23H20BrN5O3. The van der Waals surface area contributed by atoms with Gasteiger partial charge in [0.25, 0.3) is 5.56 Å². The Hall–Kier alpha value is -3.43. The molecule has 0 aliphatic rings. The summed E-state index contributed by atoms with van der Waals surface area (Å²) in [5, 5.41) is 0. The lowest BCUT2D eigenvalue weighted by molar-refractivity contribution is 0.184. The molecule has 0 aliphatic carbocycles. The van der Waals surface area contributed by atoms with Crippen molar-refractivity contribution in [2.75, 3.05) is 13.7 Å². The molecule has 0 saturated heterocycles. The number of aryl methyl sites for hydroxylation is 1. The van der Waals surface area contributed by atoms with Crippen molar-refractivity contribution in [1.82, 2.24) is 23.1 Å². The van der Waals surface area contributed by atoms with Crippen molar-refractivity contribution >= 4 is 32.9 Å². The van der Waals surface area contributed by atoms with Crippen molar-refractivity contribution in [2.24, 2.45) is 7.05 Å². The van der Waals surface area contributed by atoms with E-state index in [-0.39, 0.29) is 18.7 Å². The van der Waals surface area contributed by atoms with Crippen LogP contribution in [0.1, 0.15) is 0 Å². The summed E-state index contributed by atoms with van der Waals surface area (Å²) in [5.74, 6) is 0.553. The van der Waals surface area contributed by atoms with E-state index < -0.39 is 5.69 Å². The lowest BCUT2D eigenvalue weighted by Gasteiger charge is -2.09. The molecule has 5 aromatic rings. The Bertz CT molecular complexity index is 1560. The Morgan fingerprint density at radius 3 is 2.44 bits per heavy atom. The van der Waals surface area contributed by atoms with Crippen molar-refractivity contribution < 1.29 is 4.74 Å². The number of rotatable bonds is 5. The molecule has 0 N–H and O–H groups in total. The quantitative estimate of drug-likeness (QED) is 0.376. The Morgan fingerprint density at radius 2 is 1.75 bits per heavy atom. The van der Waals surface area contributed by atoms with Crippen LogP contribution in [-0.2, 0) is 18.3 Å². The van der Waals surface area contributed by atoms with Gasteiger partial charge in [0, 0.05) is 36.1 Å². The van der Waals surface area contributed by atoms with E-state index in [1.165, 1.54) is 16.2 Å². The predicted molar refractivity (Wildman–Crippen MR) is 127 cm³/mol. The fourth-order valence-corrected chi connectivity index (χ4v) is 4.20. The van der Waals surface area contributed by atoms with Gasteiger partial charge in [0.05, 0.1) is 18.8 Å². The van der Waals surface area contributed by atoms with Crippen LogP contribution in [0, 0.1) is 0 Å². The van der Waals surface area contributed by atoms with Crippen LogP contribution < -0.4 is 11.2 Å². The van der Waals surface area contributed by atoms with E-state index in [9.17, 15) is 9.59 Å². The van der Waals surface area contributed by atoms with Crippen LogP contribution in [-0.4, -0.2) is 36.8 Å². The number of hydrogen-bond donors (Lipinski definition) is 0. The second-order valence-electron chi connectivity index (χ2n) is 7.44. The molecule has 162 valence electrons. The summed E-state index contributed by atoms with van der Waals surface area (Å²) in [7, 11) is 3.16. The van der Waals surface area contributed by atoms with E-state index in [2.05, 4.69) is 15.9 Å². The van der Waals surface area contributed by atoms with Crippen LogP contribution in [0.15, 0.2) is 74.9 Å². The molecule has 0 spiro atoms. The second-order valence-corrected chi connectivity index (χ2v) is 8.35. The van der Waals surface area contributed by atoms with Gasteiger partial charge in [-0.15, -0.1) is 0 Å². The number of methoxy groups -OCH3 is 1.